The van der Waals surface area contributed by atoms with Gasteiger partial charge in [-0.1, -0.05) is 158 Å². The summed E-state index contributed by atoms with van der Waals surface area (Å²) in [7, 11) is -2.99. The van der Waals surface area contributed by atoms with Gasteiger partial charge in [0, 0.05) is 53.3 Å². The largest absolute Gasteiger partial charge is 0.309 e. The van der Waals surface area contributed by atoms with E-state index in [1.54, 1.807) is 0 Å². The maximum absolute atomic E-state index is 4.37. The molecule has 0 saturated carbocycles. The van der Waals surface area contributed by atoms with Crippen molar-refractivity contribution < 1.29 is 0 Å². The summed E-state index contributed by atoms with van der Waals surface area (Å²) in [4.78, 5) is 0. The van der Waals surface area contributed by atoms with Crippen LogP contribution in [0.25, 0.3) is 76.4 Å². The first-order valence-corrected chi connectivity index (χ1v) is 23.1. The molecule has 0 amide bonds. The second-order valence-corrected chi connectivity index (χ2v) is 20.1. The molecule has 59 heavy (non-hydrogen) atoms. The van der Waals surface area contributed by atoms with E-state index in [-0.39, 0.29) is 0 Å². The van der Waals surface area contributed by atoms with E-state index in [0.717, 1.165) is 22.6 Å². The molecule has 0 aliphatic carbocycles. The lowest BCUT2D eigenvalue weighted by molar-refractivity contribution is 1.11. The van der Waals surface area contributed by atoms with Gasteiger partial charge in [0.2, 0.25) is 0 Å². The van der Waals surface area contributed by atoms with Crippen molar-refractivity contribution in [3.05, 3.63) is 218 Å². The van der Waals surface area contributed by atoms with Gasteiger partial charge in [0.15, 0.2) is 8.07 Å². The van der Waals surface area contributed by atoms with E-state index in [4.69, 9.17) is 0 Å². The fourth-order valence-electron chi connectivity index (χ4n) is 9.68. The van der Waals surface area contributed by atoms with Crippen molar-refractivity contribution in [1.82, 2.24) is 9.13 Å². The molecule has 11 aromatic rings. The summed E-state index contributed by atoms with van der Waals surface area (Å²) in [6.45, 7) is 6.47. The zero-order chi connectivity index (χ0) is 39.5. The molecule has 0 atom stereocenters. The Kier molecular flexibility index (Phi) is 8.43. The van der Waals surface area contributed by atoms with Crippen LogP contribution in [0, 0.1) is 0 Å². The third-order valence-corrected chi connectivity index (χ3v) is 18.0. The Morgan fingerprint density at radius 2 is 1.03 bits per heavy atom. The van der Waals surface area contributed by atoms with Gasteiger partial charge < -0.3 is 9.13 Å². The Morgan fingerprint density at radius 1 is 0.441 bits per heavy atom. The predicted molar refractivity (Wildman–Crippen MR) is 259 cm³/mol. The van der Waals surface area contributed by atoms with Crippen LogP contribution < -0.4 is 20.7 Å². The molecule has 2 nitrogen and oxygen atoms in total. The van der Waals surface area contributed by atoms with Crippen LogP contribution in [0.5, 0.6) is 0 Å². The van der Waals surface area contributed by atoms with Gasteiger partial charge in [-0.3, -0.25) is 0 Å². The lowest BCUT2D eigenvalue weighted by atomic mass is 10.1. The number of rotatable bonds is 8. The number of allylic oxidation sites excluding steroid dienone is 1. The molecule has 0 aliphatic rings. The molecule has 0 fully saturated rings. The molecule has 8 aromatic carbocycles. The van der Waals surface area contributed by atoms with Gasteiger partial charge in [-0.25, -0.2) is 0 Å². The Balaban J connectivity index is 1.23. The second kappa shape index (κ2) is 14.1. The Labute approximate surface area is 348 Å². The molecular formula is C55H40N2SSi. The number of hydrogen-bond acceptors (Lipinski definition) is 1. The summed E-state index contributed by atoms with van der Waals surface area (Å²) in [5.41, 5.74) is 8.19. The lowest BCUT2D eigenvalue weighted by Gasteiger charge is -2.35. The van der Waals surface area contributed by atoms with E-state index in [1.807, 2.05) is 17.4 Å². The number of thiophene rings is 1. The topological polar surface area (TPSA) is 9.86 Å². The number of aromatic nitrogens is 2. The highest BCUT2D eigenvalue weighted by atomic mass is 32.1. The van der Waals surface area contributed by atoms with Gasteiger partial charge in [-0.05, 0) is 88.3 Å². The third-order valence-electron chi connectivity index (χ3n) is 12.1. The van der Waals surface area contributed by atoms with Gasteiger partial charge in [0.1, 0.15) is 0 Å². The molecule has 280 valence electrons. The fraction of sp³-hybridized carbons (Fsp3) is 0.0182. The second-order valence-electron chi connectivity index (χ2n) is 15.3. The molecule has 4 heteroatoms. The molecular weight excluding hydrogens is 749 g/mol. The lowest BCUT2D eigenvalue weighted by Crippen LogP contribution is -2.74. The fourth-order valence-corrected chi connectivity index (χ4v) is 15.6. The van der Waals surface area contributed by atoms with Gasteiger partial charge in [-0.2, -0.15) is 0 Å². The Bertz CT molecular complexity index is 3370. The minimum atomic E-state index is -2.99. The predicted octanol–water partition coefficient (Wildman–Crippen LogP) is 12.1. The Morgan fingerprint density at radius 3 is 1.76 bits per heavy atom. The number of hydrogen-bond donors (Lipinski definition) is 0. The summed E-state index contributed by atoms with van der Waals surface area (Å²) >= 11 is 1.87. The summed E-state index contributed by atoms with van der Waals surface area (Å²) in [5.74, 6) is 0. The molecule has 0 spiro atoms. The van der Waals surface area contributed by atoms with Gasteiger partial charge >= 0.3 is 0 Å². The minimum Gasteiger partial charge on any atom is -0.309 e. The normalized spacial score (nSPS) is 12.2. The van der Waals surface area contributed by atoms with Crippen LogP contribution in [0.2, 0.25) is 0 Å². The van der Waals surface area contributed by atoms with Crippen LogP contribution in [0.3, 0.4) is 0 Å². The minimum absolute atomic E-state index is 1.14. The van der Waals surface area contributed by atoms with Crippen molar-refractivity contribution in [3.8, 4) is 11.4 Å². The van der Waals surface area contributed by atoms with Crippen LogP contribution in [-0.4, -0.2) is 17.2 Å². The van der Waals surface area contributed by atoms with E-state index in [9.17, 15) is 0 Å². The van der Waals surface area contributed by atoms with Crippen LogP contribution >= 0.6 is 11.3 Å². The average Bonchev–Trinajstić information content (AvgIpc) is 3.93. The first-order valence-electron chi connectivity index (χ1n) is 20.2. The van der Waals surface area contributed by atoms with E-state index in [0.29, 0.717) is 0 Å². The highest BCUT2D eigenvalue weighted by Crippen LogP contribution is 2.40. The SMILES string of the molecule is C=Cc1c(/C=C\C)n(-c2cccc([Si](c3ccccc3)(c3ccccc3)c3ccc4c5ccccc5n(-c5ccccc5)c4c3)c2)c2cc3sc4ccccc4c3cc12. The first-order chi connectivity index (χ1) is 29.2. The van der Waals surface area contributed by atoms with Crippen molar-refractivity contribution in [3.63, 3.8) is 0 Å². The quantitative estimate of drug-likeness (QED) is 0.107. The van der Waals surface area contributed by atoms with Crippen LogP contribution in [0.1, 0.15) is 18.2 Å². The van der Waals surface area contributed by atoms with Crippen molar-refractivity contribution in [1.29, 1.82) is 0 Å². The number of benzene rings is 8. The molecule has 0 saturated heterocycles. The highest BCUT2D eigenvalue weighted by Gasteiger charge is 2.42. The average molecular weight is 789 g/mol. The zero-order valence-electron chi connectivity index (χ0n) is 32.7. The third kappa shape index (κ3) is 5.37. The van der Waals surface area contributed by atoms with Gasteiger partial charge in [0.05, 0.1) is 22.2 Å². The maximum Gasteiger partial charge on any atom is 0.179 e. The summed E-state index contributed by atoms with van der Waals surface area (Å²) in [6.07, 6.45) is 6.42. The zero-order valence-corrected chi connectivity index (χ0v) is 34.5. The van der Waals surface area contributed by atoms with Crippen molar-refractivity contribution >= 4 is 105 Å². The molecule has 11 rings (SSSR count). The number of para-hydroxylation sites is 2. The van der Waals surface area contributed by atoms with E-state index in [1.165, 1.54) is 73.6 Å². The summed E-state index contributed by atoms with van der Waals surface area (Å²) in [5, 5.41) is 11.7. The standard InChI is InChI=1S/C55H40N2SSi/c1-3-19-50-44(4-2)48-36-49-47-29-15-17-31-54(47)58-55(49)37-53(48)57(50)39-22-18-27-42(34-39)59(40-23-10-6-11-24-40,41-25-12-7-13-26-41)43-32-33-46-45-28-14-16-30-51(45)56(52(46)35-43)38-20-8-5-9-21-38/h3-37H,2H2,1H3/b19-3-. The number of nitrogens with zero attached hydrogens (tertiary/aromatic N) is 2. The van der Waals surface area contributed by atoms with Gasteiger partial charge in [-0.15, -0.1) is 11.3 Å². The van der Waals surface area contributed by atoms with Gasteiger partial charge in [0.25, 0.3) is 0 Å². The molecule has 0 aliphatic heterocycles. The Hall–Kier alpha value is -6.98. The monoisotopic (exact) mass is 788 g/mol. The summed E-state index contributed by atoms with van der Waals surface area (Å²) in [6, 6.07) is 72.4. The molecule has 0 unspecified atom stereocenters. The smallest absolute Gasteiger partial charge is 0.179 e. The number of fused-ring (bicyclic) bond motifs is 7. The van der Waals surface area contributed by atoms with Crippen LogP contribution in [-0.2, 0) is 0 Å². The molecule has 0 bridgehead atoms. The maximum atomic E-state index is 4.37. The van der Waals surface area contributed by atoms with Crippen molar-refractivity contribution in [2.45, 2.75) is 6.92 Å². The molecule has 3 heterocycles. The highest BCUT2D eigenvalue weighted by molar-refractivity contribution is 7.26. The first kappa shape index (κ1) is 35.2. The van der Waals surface area contributed by atoms with E-state index >= 15 is 0 Å². The van der Waals surface area contributed by atoms with Crippen LogP contribution in [0.15, 0.2) is 207 Å². The van der Waals surface area contributed by atoms with E-state index < -0.39 is 8.07 Å². The molecule has 3 aromatic heterocycles. The molecule has 0 N–H and O–H groups in total. The van der Waals surface area contributed by atoms with Crippen LogP contribution in [0.4, 0.5) is 0 Å². The van der Waals surface area contributed by atoms with Crippen molar-refractivity contribution in [2.75, 3.05) is 0 Å². The summed E-state index contributed by atoms with van der Waals surface area (Å²) < 4.78 is 7.50. The molecule has 0 radical (unpaired) electrons. The van der Waals surface area contributed by atoms with Crippen molar-refractivity contribution in [2.24, 2.45) is 0 Å². The van der Waals surface area contributed by atoms with E-state index in [2.05, 4.69) is 229 Å².